The van der Waals surface area contributed by atoms with Gasteiger partial charge in [-0.15, -0.1) is 9.24 Å². The molecule has 2 unspecified atom stereocenters. The normalized spacial score (nSPS) is 24.9. The number of hydrogen-bond acceptors (Lipinski definition) is 4. The van der Waals surface area contributed by atoms with Crippen molar-refractivity contribution in [3.8, 4) is 0 Å². The van der Waals surface area contributed by atoms with Gasteiger partial charge in [-0.25, -0.2) is 15.0 Å². The third kappa shape index (κ3) is 3.38. The van der Waals surface area contributed by atoms with Crippen LogP contribution < -0.4 is 0 Å². The fourth-order valence-electron chi connectivity index (χ4n) is 3.49. The molecule has 130 valence electrons. The van der Waals surface area contributed by atoms with E-state index in [0.29, 0.717) is 11.6 Å². The first kappa shape index (κ1) is 17.5. The van der Waals surface area contributed by atoms with Gasteiger partial charge in [0.2, 0.25) is 0 Å². The predicted octanol–water partition coefficient (Wildman–Crippen LogP) is 3.70. The van der Waals surface area contributed by atoms with Gasteiger partial charge in [0.25, 0.3) is 0 Å². The minimum atomic E-state index is -0.0886. The molecule has 4 atom stereocenters. The fraction of sp³-hybridized carbons (Fsp3) is 0.611. The topological polar surface area (TPSA) is 52.8 Å². The van der Waals surface area contributed by atoms with E-state index in [4.69, 9.17) is 4.74 Å². The monoisotopic (exact) mass is 346 g/mol. The lowest BCUT2D eigenvalue weighted by molar-refractivity contribution is -0.00757. The molecule has 1 saturated carbocycles. The Morgan fingerprint density at radius 1 is 1.33 bits per heavy atom. The molecule has 5 nitrogen and oxygen atoms in total. The molecule has 24 heavy (non-hydrogen) atoms. The van der Waals surface area contributed by atoms with Crippen molar-refractivity contribution in [3.05, 3.63) is 30.5 Å². The van der Waals surface area contributed by atoms with E-state index < -0.39 is 0 Å². The first-order valence-corrected chi connectivity index (χ1v) is 9.17. The molecule has 2 aromatic heterocycles. The maximum atomic E-state index is 5.90. The summed E-state index contributed by atoms with van der Waals surface area (Å²) in [6.07, 6.45) is 5.61. The molecule has 0 saturated heterocycles. The number of nitrogens with zero attached hydrogens (tertiary/aromatic N) is 4. The number of imidazole rings is 1. The van der Waals surface area contributed by atoms with Crippen molar-refractivity contribution >= 4 is 20.4 Å². The minimum Gasteiger partial charge on any atom is -0.376 e. The Balaban J connectivity index is 1.79. The summed E-state index contributed by atoms with van der Waals surface area (Å²) in [7, 11) is 2.98. The summed E-state index contributed by atoms with van der Waals surface area (Å²) >= 11 is 0. The molecular formula is C18H27N4OP. The highest BCUT2D eigenvalue weighted by Gasteiger charge is 2.37. The summed E-state index contributed by atoms with van der Waals surface area (Å²) in [5.41, 5.74) is 4.29. The summed E-state index contributed by atoms with van der Waals surface area (Å²) in [4.78, 5) is 13.2. The number of fused-ring (bicyclic) bond motifs is 1. The average molecular weight is 346 g/mol. The van der Waals surface area contributed by atoms with Crippen molar-refractivity contribution in [1.29, 1.82) is 0 Å². The van der Waals surface area contributed by atoms with Crippen LogP contribution in [0.2, 0.25) is 0 Å². The quantitative estimate of drug-likeness (QED) is 0.626. The highest BCUT2D eigenvalue weighted by atomic mass is 31.0. The molecule has 0 spiro atoms. The fourth-order valence-corrected chi connectivity index (χ4v) is 4.25. The van der Waals surface area contributed by atoms with Gasteiger partial charge < -0.3 is 9.30 Å². The highest BCUT2D eigenvalue weighted by molar-refractivity contribution is 7.17. The van der Waals surface area contributed by atoms with Crippen molar-refractivity contribution < 1.29 is 4.74 Å². The summed E-state index contributed by atoms with van der Waals surface area (Å²) in [6, 6.07) is 0.217. The molecule has 3 rings (SSSR count). The highest BCUT2D eigenvalue weighted by Crippen LogP contribution is 2.45. The van der Waals surface area contributed by atoms with E-state index in [1.807, 2.05) is 13.3 Å². The first-order valence-electron chi connectivity index (χ1n) is 8.50. The van der Waals surface area contributed by atoms with Crippen molar-refractivity contribution in [1.82, 2.24) is 19.5 Å². The van der Waals surface area contributed by atoms with E-state index >= 15 is 0 Å². The molecule has 0 radical (unpaired) electrons. The standard InChI is InChI=1S/C18H27N4OP/c1-11-13(6-7-23-18(3,4)5)8-14(24)16(11)22-10-21-15-12(2)19-9-20-17(15)22/h9-10,13-14,16H,1,6-8,24H2,2-5H3/t13?,14-,16+/m0/s1. The van der Waals surface area contributed by atoms with Crippen LogP contribution in [0.5, 0.6) is 0 Å². The molecule has 0 aromatic carbocycles. The Morgan fingerprint density at radius 2 is 2.08 bits per heavy atom. The third-order valence-corrected chi connectivity index (χ3v) is 5.35. The van der Waals surface area contributed by atoms with Crippen LogP contribution in [-0.2, 0) is 4.74 Å². The van der Waals surface area contributed by atoms with Gasteiger partial charge in [-0.05, 0) is 52.1 Å². The SMILES string of the molecule is C=C1C(CCOC(C)(C)C)C[C@H](P)[C@@H]1n1cnc2c(C)ncnc21. The second-order valence-corrected chi connectivity index (χ2v) is 8.51. The molecular weight excluding hydrogens is 319 g/mol. The number of ether oxygens (including phenoxy) is 1. The first-order chi connectivity index (χ1) is 11.3. The lowest BCUT2D eigenvalue weighted by Gasteiger charge is -2.22. The zero-order chi connectivity index (χ0) is 17.5. The van der Waals surface area contributed by atoms with Gasteiger partial charge in [0, 0.05) is 6.61 Å². The molecule has 6 heteroatoms. The van der Waals surface area contributed by atoms with E-state index in [1.54, 1.807) is 6.33 Å². The van der Waals surface area contributed by atoms with Crippen molar-refractivity contribution in [3.63, 3.8) is 0 Å². The zero-order valence-corrected chi connectivity index (χ0v) is 16.1. The van der Waals surface area contributed by atoms with Crippen LogP contribution in [0.3, 0.4) is 0 Å². The number of hydrogen-bond donors (Lipinski definition) is 0. The van der Waals surface area contributed by atoms with E-state index in [9.17, 15) is 0 Å². The van der Waals surface area contributed by atoms with Crippen LogP contribution >= 0.6 is 9.24 Å². The van der Waals surface area contributed by atoms with Crippen molar-refractivity contribution in [2.45, 2.75) is 57.8 Å². The van der Waals surface area contributed by atoms with Crippen LogP contribution in [0.15, 0.2) is 24.8 Å². The number of allylic oxidation sites excluding steroid dienone is 1. The lowest BCUT2D eigenvalue weighted by Crippen LogP contribution is -2.21. The smallest absolute Gasteiger partial charge is 0.164 e. The molecule has 0 bridgehead atoms. The molecule has 1 aliphatic rings. The van der Waals surface area contributed by atoms with Crippen molar-refractivity contribution in [2.24, 2.45) is 5.92 Å². The Labute approximate surface area is 146 Å². The lowest BCUT2D eigenvalue weighted by atomic mass is 9.99. The largest absolute Gasteiger partial charge is 0.376 e. The third-order valence-electron chi connectivity index (χ3n) is 4.71. The Kier molecular flexibility index (Phi) is 4.76. The molecule has 1 aliphatic carbocycles. The predicted molar refractivity (Wildman–Crippen MR) is 100 cm³/mol. The number of rotatable bonds is 4. The molecule has 2 aromatic rings. The van der Waals surface area contributed by atoms with Crippen LogP contribution in [0.25, 0.3) is 11.2 Å². The molecule has 0 N–H and O–H groups in total. The van der Waals surface area contributed by atoms with Gasteiger partial charge >= 0.3 is 0 Å². The van der Waals surface area contributed by atoms with Crippen molar-refractivity contribution in [2.75, 3.05) is 6.61 Å². The van der Waals surface area contributed by atoms with Crippen LogP contribution in [0.1, 0.15) is 45.3 Å². The minimum absolute atomic E-state index is 0.0886. The van der Waals surface area contributed by atoms with Gasteiger partial charge in [0.05, 0.1) is 23.7 Å². The van der Waals surface area contributed by atoms with Gasteiger partial charge in [0.15, 0.2) is 5.65 Å². The van der Waals surface area contributed by atoms with Crippen LogP contribution in [0.4, 0.5) is 0 Å². The molecule has 1 fully saturated rings. The van der Waals surface area contributed by atoms with Crippen LogP contribution in [-0.4, -0.2) is 37.4 Å². The van der Waals surface area contributed by atoms with Gasteiger partial charge in [-0.1, -0.05) is 12.2 Å². The van der Waals surface area contributed by atoms with Gasteiger partial charge in [0.1, 0.15) is 11.8 Å². The maximum Gasteiger partial charge on any atom is 0.164 e. The van der Waals surface area contributed by atoms with Crippen LogP contribution in [0, 0.1) is 12.8 Å². The van der Waals surface area contributed by atoms with E-state index in [2.05, 4.69) is 56.1 Å². The second kappa shape index (κ2) is 6.53. The summed E-state index contributed by atoms with van der Waals surface area (Å²) in [6.45, 7) is 13.4. The second-order valence-electron chi connectivity index (χ2n) is 7.65. The summed E-state index contributed by atoms with van der Waals surface area (Å²) in [5, 5.41) is 0. The summed E-state index contributed by atoms with van der Waals surface area (Å²) < 4.78 is 8.06. The van der Waals surface area contributed by atoms with E-state index in [1.165, 1.54) is 5.57 Å². The maximum absolute atomic E-state index is 5.90. The molecule has 2 heterocycles. The Bertz CT molecular complexity index is 749. The Hall–Kier alpha value is -1.32. The van der Waals surface area contributed by atoms with Gasteiger partial charge in [-0.2, -0.15) is 0 Å². The summed E-state index contributed by atoms with van der Waals surface area (Å²) in [5.74, 6) is 0.472. The zero-order valence-electron chi connectivity index (χ0n) is 15.0. The average Bonchev–Trinajstić information content (AvgIpc) is 3.01. The molecule has 0 aliphatic heterocycles. The van der Waals surface area contributed by atoms with E-state index in [-0.39, 0.29) is 11.6 Å². The molecule has 0 amide bonds. The number of aryl methyl sites for hydroxylation is 1. The Morgan fingerprint density at radius 3 is 2.79 bits per heavy atom. The van der Waals surface area contributed by atoms with Gasteiger partial charge in [-0.3, -0.25) is 0 Å². The number of aromatic nitrogens is 4. The van der Waals surface area contributed by atoms with E-state index in [0.717, 1.165) is 36.3 Å².